The molecule has 20 heavy (non-hydrogen) atoms. The van der Waals surface area contributed by atoms with Gasteiger partial charge in [0.25, 0.3) is 0 Å². The van der Waals surface area contributed by atoms with Crippen LogP contribution in [0.15, 0.2) is 6.07 Å². The van der Waals surface area contributed by atoms with Gasteiger partial charge < -0.3 is 10.4 Å². The van der Waals surface area contributed by atoms with Crippen molar-refractivity contribution in [3.8, 4) is 0 Å². The molecule has 0 spiro atoms. The zero-order valence-electron chi connectivity index (χ0n) is 13.2. The summed E-state index contributed by atoms with van der Waals surface area (Å²) in [6, 6.07) is 2.39. The van der Waals surface area contributed by atoms with Gasteiger partial charge in [-0.1, -0.05) is 6.92 Å². The van der Waals surface area contributed by atoms with Gasteiger partial charge in [-0.05, 0) is 33.6 Å². The van der Waals surface area contributed by atoms with Gasteiger partial charge in [0.15, 0.2) is 0 Å². The lowest BCUT2D eigenvalue weighted by Crippen LogP contribution is -2.32. The van der Waals surface area contributed by atoms with Crippen LogP contribution in [0.25, 0.3) is 0 Å². The number of nitrogens with one attached hydrogen (secondary N) is 1. The first kappa shape index (κ1) is 16.9. The number of anilines is 1. The molecule has 0 aliphatic heterocycles. The van der Waals surface area contributed by atoms with Crippen LogP contribution in [0.3, 0.4) is 0 Å². The third-order valence-corrected chi connectivity index (χ3v) is 3.13. The summed E-state index contributed by atoms with van der Waals surface area (Å²) >= 11 is 0. The smallest absolute Gasteiger partial charge is 0.144 e. The minimum Gasteiger partial charge on any atom is -0.396 e. The number of aliphatic hydroxyl groups is 1. The van der Waals surface area contributed by atoms with Crippen molar-refractivity contribution in [3.63, 3.8) is 0 Å². The molecule has 114 valence electrons. The molecule has 5 heteroatoms. The van der Waals surface area contributed by atoms with Crippen molar-refractivity contribution in [2.75, 3.05) is 25.0 Å². The lowest BCUT2D eigenvalue weighted by molar-refractivity contribution is 0.181. The van der Waals surface area contributed by atoms with E-state index in [1.54, 1.807) is 0 Å². The largest absolute Gasteiger partial charge is 0.396 e. The molecule has 0 aromatic carbocycles. The molecule has 0 aliphatic carbocycles. The summed E-state index contributed by atoms with van der Waals surface area (Å²) in [5, 5.41) is 12.3. The summed E-state index contributed by atoms with van der Waals surface area (Å²) in [7, 11) is 0. The fraction of sp³-hybridized carbons (Fsp3) is 0.733. The number of nitrogens with zero attached hydrogens (tertiary/aromatic N) is 3. The van der Waals surface area contributed by atoms with Crippen LogP contribution in [0.5, 0.6) is 0 Å². The maximum absolute atomic E-state index is 8.98. The molecule has 0 fully saturated rings. The average Bonchev–Trinajstić information content (AvgIpc) is 2.40. The van der Waals surface area contributed by atoms with Gasteiger partial charge >= 0.3 is 0 Å². The second-order valence-electron chi connectivity index (χ2n) is 5.38. The molecule has 1 heterocycles. The molecule has 1 aromatic rings. The topological polar surface area (TPSA) is 61.3 Å². The number of aliphatic hydroxyl groups excluding tert-OH is 1. The zero-order chi connectivity index (χ0) is 15.0. The van der Waals surface area contributed by atoms with Crippen LogP contribution >= 0.6 is 0 Å². The maximum Gasteiger partial charge on any atom is 0.144 e. The van der Waals surface area contributed by atoms with Gasteiger partial charge in [0.1, 0.15) is 11.6 Å². The molecular weight excluding hydrogens is 252 g/mol. The second kappa shape index (κ2) is 8.87. The lowest BCUT2D eigenvalue weighted by atomic mass is 10.2. The summed E-state index contributed by atoms with van der Waals surface area (Å²) in [5.41, 5.74) is 0.986. The van der Waals surface area contributed by atoms with E-state index in [0.717, 1.165) is 49.8 Å². The lowest BCUT2D eigenvalue weighted by Gasteiger charge is -2.25. The average molecular weight is 280 g/mol. The minimum absolute atomic E-state index is 0.223. The van der Waals surface area contributed by atoms with E-state index in [1.165, 1.54) is 0 Å². The number of aromatic nitrogens is 2. The van der Waals surface area contributed by atoms with Crippen LogP contribution in [0.1, 0.15) is 45.1 Å². The quantitative estimate of drug-likeness (QED) is 0.726. The molecule has 0 saturated carbocycles. The van der Waals surface area contributed by atoms with E-state index in [1.807, 2.05) is 13.0 Å². The van der Waals surface area contributed by atoms with Gasteiger partial charge in [-0.15, -0.1) is 0 Å². The number of hydrogen-bond donors (Lipinski definition) is 2. The van der Waals surface area contributed by atoms with Gasteiger partial charge in [-0.2, -0.15) is 0 Å². The van der Waals surface area contributed by atoms with Crippen LogP contribution < -0.4 is 5.32 Å². The third kappa shape index (κ3) is 5.84. The predicted octanol–water partition coefficient (Wildman–Crippen LogP) is 2.20. The first-order valence-electron chi connectivity index (χ1n) is 7.50. The van der Waals surface area contributed by atoms with Crippen molar-refractivity contribution in [1.82, 2.24) is 14.9 Å². The molecule has 1 rings (SSSR count). The Balaban J connectivity index is 2.75. The molecule has 2 N–H and O–H groups in total. The highest BCUT2D eigenvalue weighted by Gasteiger charge is 2.12. The second-order valence-corrected chi connectivity index (χ2v) is 5.38. The Morgan fingerprint density at radius 3 is 2.70 bits per heavy atom. The zero-order valence-corrected chi connectivity index (χ0v) is 13.2. The Labute approximate surface area is 122 Å². The standard InChI is InChI=1S/C15H28N4O/c1-5-7-16-14-10-13(4)17-15(18-14)11-19(12(2)3)8-6-9-20/h10,12,20H,5-9,11H2,1-4H3,(H,16,17,18). The van der Waals surface area contributed by atoms with Crippen molar-refractivity contribution in [1.29, 1.82) is 0 Å². The maximum atomic E-state index is 8.98. The highest BCUT2D eigenvalue weighted by molar-refractivity contribution is 5.35. The van der Waals surface area contributed by atoms with E-state index in [0.29, 0.717) is 6.04 Å². The van der Waals surface area contributed by atoms with Crippen molar-refractivity contribution >= 4 is 5.82 Å². The summed E-state index contributed by atoms with van der Waals surface area (Å²) in [5.74, 6) is 1.75. The first-order valence-corrected chi connectivity index (χ1v) is 7.50. The summed E-state index contributed by atoms with van der Waals surface area (Å²) in [6.45, 7) is 11.2. The van der Waals surface area contributed by atoms with Crippen LogP contribution in [0.2, 0.25) is 0 Å². The highest BCUT2D eigenvalue weighted by Crippen LogP contribution is 2.10. The molecular formula is C15H28N4O. The van der Waals surface area contributed by atoms with E-state index in [9.17, 15) is 0 Å². The summed E-state index contributed by atoms with van der Waals surface area (Å²) in [6.07, 6.45) is 1.86. The Hall–Kier alpha value is -1.20. The molecule has 0 amide bonds. The number of rotatable bonds is 9. The fourth-order valence-electron chi connectivity index (χ4n) is 2.02. The van der Waals surface area contributed by atoms with Crippen LogP contribution in [0.4, 0.5) is 5.82 Å². The number of aryl methyl sites for hydroxylation is 1. The SMILES string of the molecule is CCCNc1cc(C)nc(CN(CCCO)C(C)C)n1. The molecule has 0 saturated heterocycles. The predicted molar refractivity (Wildman–Crippen MR) is 82.8 cm³/mol. The Kier molecular flexibility index (Phi) is 7.47. The molecule has 0 unspecified atom stereocenters. The van der Waals surface area contributed by atoms with Gasteiger partial charge in [0.2, 0.25) is 0 Å². The van der Waals surface area contributed by atoms with E-state index in [4.69, 9.17) is 5.11 Å². The van der Waals surface area contributed by atoms with E-state index < -0.39 is 0 Å². The molecule has 1 aromatic heterocycles. The van der Waals surface area contributed by atoms with Crippen molar-refractivity contribution < 1.29 is 5.11 Å². The van der Waals surface area contributed by atoms with E-state index in [2.05, 4.69) is 41.0 Å². The van der Waals surface area contributed by atoms with Crippen LogP contribution in [0, 0.1) is 6.92 Å². The van der Waals surface area contributed by atoms with Gasteiger partial charge in [-0.25, -0.2) is 9.97 Å². The monoisotopic (exact) mass is 280 g/mol. The van der Waals surface area contributed by atoms with Crippen LogP contribution in [-0.2, 0) is 6.54 Å². The molecule has 0 aliphatic rings. The van der Waals surface area contributed by atoms with Crippen molar-refractivity contribution in [2.24, 2.45) is 0 Å². The van der Waals surface area contributed by atoms with Gasteiger partial charge in [-0.3, -0.25) is 4.90 Å². The fourth-order valence-corrected chi connectivity index (χ4v) is 2.02. The highest BCUT2D eigenvalue weighted by atomic mass is 16.3. The number of hydrogen-bond acceptors (Lipinski definition) is 5. The van der Waals surface area contributed by atoms with E-state index in [-0.39, 0.29) is 6.61 Å². The third-order valence-electron chi connectivity index (χ3n) is 3.13. The molecule has 0 bridgehead atoms. The van der Waals surface area contributed by atoms with Gasteiger partial charge in [0.05, 0.1) is 6.54 Å². The summed E-state index contributed by atoms with van der Waals surface area (Å²) in [4.78, 5) is 11.4. The Morgan fingerprint density at radius 2 is 2.10 bits per heavy atom. The molecule has 0 atom stereocenters. The van der Waals surface area contributed by atoms with Crippen LogP contribution in [-0.4, -0.2) is 45.7 Å². The Morgan fingerprint density at radius 1 is 1.35 bits per heavy atom. The van der Waals surface area contributed by atoms with Gasteiger partial charge in [0, 0.05) is 37.5 Å². The van der Waals surface area contributed by atoms with E-state index >= 15 is 0 Å². The first-order chi connectivity index (χ1) is 9.56. The van der Waals surface area contributed by atoms with Crippen molar-refractivity contribution in [3.05, 3.63) is 17.6 Å². The molecule has 0 radical (unpaired) electrons. The normalized spacial score (nSPS) is 11.3. The molecule has 5 nitrogen and oxygen atoms in total. The minimum atomic E-state index is 0.223. The summed E-state index contributed by atoms with van der Waals surface area (Å²) < 4.78 is 0. The van der Waals surface area contributed by atoms with Crippen molar-refractivity contribution in [2.45, 2.75) is 53.1 Å². The Bertz CT molecular complexity index is 395.